The van der Waals surface area contributed by atoms with Gasteiger partial charge in [0.25, 0.3) is 0 Å². The van der Waals surface area contributed by atoms with Crippen molar-refractivity contribution in [3.8, 4) is 6.07 Å². The van der Waals surface area contributed by atoms with E-state index in [0.717, 1.165) is 0 Å². The summed E-state index contributed by atoms with van der Waals surface area (Å²) in [5.74, 6) is -1.09. The molecule has 0 saturated heterocycles. The van der Waals surface area contributed by atoms with Crippen molar-refractivity contribution in [3.63, 3.8) is 0 Å². The molecule has 1 aromatic rings. The molecule has 1 rings (SSSR count). The van der Waals surface area contributed by atoms with Crippen molar-refractivity contribution in [2.24, 2.45) is 5.41 Å². The third-order valence-corrected chi connectivity index (χ3v) is 4.44. The van der Waals surface area contributed by atoms with Crippen LogP contribution in [0.3, 0.4) is 0 Å². The van der Waals surface area contributed by atoms with Crippen molar-refractivity contribution in [2.75, 3.05) is 6.54 Å². The van der Waals surface area contributed by atoms with Crippen LogP contribution in [-0.2, 0) is 14.8 Å². The fourth-order valence-corrected chi connectivity index (χ4v) is 2.89. The Morgan fingerprint density at radius 3 is 2.50 bits per heavy atom. The first-order valence-electron chi connectivity index (χ1n) is 5.84. The molecule has 0 aliphatic heterocycles. The van der Waals surface area contributed by atoms with Crippen molar-refractivity contribution in [2.45, 2.75) is 25.7 Å². The Kier molecular flexibility index (Phi) is 4.53. The minimum Gasteiger partial charge on any atom is -0.481 e. The van der Waals surface area contributed by atoms with Gasteiger partial charge in [0, 0.05) is 6.54 Å². The highest BCUT2D eigenvalue weighted by Crippen LogP contribution is 2.19. The molecule has 0 saturated carbocycles. The van der Waals surface area contributed by atoms with Crippen LogP contribution in [0.2, 0.25) is 0 Å². The van der Waals surface area contributed by atoms with Crippen LogP contribution < -0.4 is 4.72 Å². The van der Waals surface area contributed by atoms with Crippen LogP contribution in [0.25, 0.3) is 0 Å². The number of aryl methyl sites for hydroxylation is 1. The van der Waals surface area contributed by atoms with Gasteiger partial charge in [-0.25, -0.2) is 13.1 Å². The van der Waals surface area contributed by atoms with Crippen LogP contribution in [0, 0.1) is 23.7 Å². The average molecular weight is 296 g/mol. The highest BCUT2D eigenvalue weighted by atomic mass is 32.2. The van der Waals surface area contributed by atoms with E-state index in [1.807, 2.05) is 6.07 Å². The van der Waals surface area contributed by atoms with Crippen LogP contribution in [-0.4, -0.2) is 26.0 Å². The van der Waals surface area contributed by atoms with E-state index in [2.05, 4.69) is 4.72 Å². The summed E-state index contributed by atoms with van der Waals surface area (Å²) < 4.78 is 26.6. The number of nitrogens with zero attached hydrogens (tertiary/aromatic N) is 1. The van der Waals surface area contributed by atoms with E-state index in [0.29, 0.717) is 11.1 Å². The zero-order chi connectivity index (χ0) is 15.6. The second kappa shape index (κ2) is 5.61. The van der Waals surface area contributed by atoms with Crippen molar-refractivity contribution in [1.82, 2.24) is 4.72 Å². The molecule has 0 aliphatic rings. The third-order valence-electron chi connectivity index (χ3n) is 2.88. The Morgan fingerprint density at radius 1 is 1.45 bits per heavy atom. The van der Waals surface area contributed by atoms with E-state index < -0.39 is 21.4 Å². The first-order valence-corrected chi connectivity index (χ1v) is 7.32. The molecule has 7 heteroatoms. The number of benzene rings is 1. The molecular formula is C13H16N2O4S. The van der Waals surface area contributed by atoms with E-state index in [1.165, 1.54) is 32.0 Å². The van der Waals surface area contributed by atoms with Gasteiger partial charge in [0.1, 0.15) is 0 Å². The molecule has 20 heavy (non-hydrogen) atoms. The Labute approximate surface area is 118 Å². The minimum atomic E-state index is -3.81. The first-order chi connectivity index (χ1) is 9.10. The standard InChI is InChI=1S/C13H16N2O4S/c1-9-6-10(7-14)4-5-11(9)20(18,19)15-8-13(2,3)12(16)17/h4-6,15H,8H2,1-3H3,(H,16,17). The Balaban J connectivity index is 3.02. The summed E-state index contributed by atoms with van der Waals surface area (Å²) >= 11 is 0. The summed E-state index contributed by atoms with van der Waals surface area (Å²) in [6.45, 7) is 4.23. The lowest BCUT2D eigenvalue weighted by atomic mass is 9.95. The Hall–Kier alpha value is -1.91. The average Bonchev–Trinajstić information content (AvgIpc) is 2.36. The van der Waals surface area contributed by atoms with Gasteiger partial charge in [0.2, 0.25) is 10.0 Å². The van der Waals surface area contributed by atoms with E-state index in [-0.39, 0.29) is 11.4 Å². The second-order valence-electron chi connectivity index (χ2n) is 5.11. The topological polar surface area (TPSA) is 107 Å². The number of hydrogen-bond acceptors (Lipinski definition) is 4. The Bertz CT molecular complexity index is 672. The molecule has 0 unspecified atom stereocenters. The molecule has 6 nitrogen and oxygen atoms in total. The molecule has 0 bridgehead atoms. The first kappa shape index (κ1) is 16.1. The summed E-state index contributed by atoms with van der Waals surface area (Å²) in [4.78, 5) is 11.0. The number of nitrogens with one attached hydrogen (secondary N) is 1. The second-order valence-corrected chi connectivity index (χ2v) is 6.84. The molecule has 0 heterocycles. The van der Waals surface area contributed by atoms with Gasteiger partial charge >= 0.3 is 5.97 Å². The predicted octanol–water partition coefficient (Wildman–Crippen LogP) is 1.26. The Morgan fingerprint density at radius 2 is 2.05 bits per heavy atom. The SMILES string of the molecule is Cc1cc(C#N)ccc1S(=O)(=O)NCC(C)(C)C(=O)O. The maximum Gasteiger partial charge on any atom is 0.310 e. The highest BCUT2D eigenvalue weighted by Gasteiger charge is 2.29. The van der Waals surface area contributed by atoms with Crippen molar-refractivity contribution in [1.29, 1.82) is 5.26 Å². The number of carboxylic acid groups (broad SMARTS) is 1. The summed E-state index contributed by atoms with van der Waals surface area (Å²) in [5.41, 5.74) is -0.398. The van der Waals surface area contributed by atoms with E-state index in [9.17, 15) is 13.2 Å². The zero-order valence-electron chi connectivity index (χ0n) is 11.5. The number of nitriles is 1. The number of carboxylic acids is 1. The monoisotopic (exact) mass is 296 g/mol. The lowest BCUT2D eigenvalue weighted by molar-refractivity contribution is -0.146. The van der Waals surface area contributed by atoms with Crippen LogP contribution in [0.4, 0.5) is 0 Å². The van der Waals surface area contributed by atoms with Crippen molar-refractivity contribution in [3.05, 3.63) is 29.3 Å². The van der Waals surface area contributed by atoms with Gasteiger partial charge in [-0.1, -0.05) is 0 Å². The lowest BCUT2D eigenvalue weighted by Gasteiger charge is -2.19. The number of hydrogen-bond donors (Lipinski definition) is 2. The molecule has 0 atom stereocenters. The van der Waals surface area contributed by atoms with Gasteiger partial charge in [-0.05, 0) is 44.5 Å². The van der Waals surface area contributed by atoms with Crippen LogP contribution in [0.5, 0.6) is 0 Å². The lowest BCUT2D eigenvalue weighted by Crippen LogP contribution is -2.39. The molecule has 0 aromatic heterocycles. The highest BCUT2D eigenvalue weighted by molar-refractivity contribution is 7.89. The van der Waals surface area contributed by atoms with Gasteiger partial charge in [0.05, 0.1) is 21.9 Å². The van der Waals surface area contributed by atoms with Gasteiger partial charge in [0.15, 0.2) is 0 Å². The largest absolute Gasteiger partial charge is 0.481 e. The molecule has 108 valence electrons. The van der Waals surface area contributed by atoms with Crippen LogP contribution in [0.1, 0.15) is 25.0 Å². The van der Waals surface area contributed by atoms with Gasteiger partial charge in [-0.2, -0.15) is 5.26 Å². The van der Waals surface area contributed by atoms with E-state index >= 15 is 0 Å². The smallest absolute Gasteiger partial charge is 0.310 e. The van der Waals surface area contributed by atoms with Crippen LogP contribution >= 0.6 is 0 Å². The van der Waals surface area contributed by atoms with Gasteiger partial charge in [-0.3, -0.25) is 4.79 Å². The van der Waals surface area contributed by atoms with Crippen molar-refractivity contribution < 1.29 is 18.3 Å². The maximum atomic E-state index is 12.1. The minimum absolute atomic E-state index is 0.0395. The summed E-state index contributed by atoms with van der Waals surface area (Å²) in [7, 11) is -3.81. The molecule has 0 spiro atoms. The maximum absolute atomic E-state index is 12.1. The molecule has 0 radical (unpaired) electrons. The number of sulfonamides is 1. The third kappa shape index (κ3) is 3.56. The fraction of sp³-hybridized carbons (Fsp3) is 0.385. The molecule has 0 aliphatic carbocycles. The molecule has 2 N–H and O–H groups in total. The number of aliphatic carboxylic acids is 1. The van der Waals surface area contributed by atoms with Gasteiger partial charge in [-0.15, -0.1) is 0 Å². The number of rotatable bonds is 5. The summed E-state index contributed by atoms with van der Waals surface area (Å²) in [6.07, 6.45) is 0. The zero-order valence-corrected chi connectivity index (χ0v) is 12.3. The molecule has 1 aromatic carbocycles. The quantitative estimate of drug-likeness (QED) is 0.850. The van der Waals surface area contributed by atoms with E-state index in [1.54, 1.807) is 6.92 Å². The molecular weight excluding hydrogens is 280 g/mol. The molecule has 0 fully saturated rings. The summed E-state index contributed by atoms with van der Waals surface area (Å²) in [6, 6.07) is 6.14. The normalized spacial score (nSPS) is 11.9. The fourth-order valence-electron chi connectivity index (χ4n) is 1.45. The summed E-state index contributed by atoms with van der Waals surface area (Å²) in [5, 5.41) is 17.7. The van der Waals surface area contributed by atoms with E-state index in [4.69, 9.17) is 10.4 Å². The van der Waals surface area contributed by atoms with Gasteiger partial charge < -0.3 is 5.11 Å². The molecule has 0 amide bonds. The van der Waals surface area contributed by atoms with Crippen LogP contribution in [0.15, 0.2) is 23.1 Å². The van der Waals surface area contributed by atoms with Crippen molar-refractivity contribution >= 4 is 16.0 Å². The predicted molar refractivity (Wildman–Crippen MR) is 72.5 cm³/mol. The number of carbonyl (C=O) groups is 1.